The quantitative estimate of drug-likeness (QED) is 0.793. The van der Waals surface area contributed by atoms with Gasteiger partial charge in [0.1, 0.15) is 0 Å². The average Bonchev–Trinajstić information content (AvgIpc) is 2.27. The van der Waals surface area contributed by atoms with Crippen molar-refractivity contribution in [2.45, 2.75) is 66.0 Å². The molecule has 0 bridgehead atoms. The first kappa shape index (κ1) is 15.2. The summed E-state index contributed by atoms with van der Waals surface area (Å²) in [4.78, 5) is 0. The second kappa shape index (κ2) is 6.38. The molecule has 1 aromatic rings. The highest BCUT2D eigenvalue weighted by Crippen LogP contribution is 2.27. The lowest BCUT2D eigenvalue weighted by Gasteiger charge is -2.22. The minimum absolute atomic E-state index is 0.183. The lowest BCUT2D eigenvalue weighted by Crippen LogP contribution is -2.35. The second-order valence-corrected chi connectivity index (χ2v) is 6.60. The molecule has 0 fully saturated rings. The Balaban J connectivity index is 2.68. The number of benzene rings is 1. The van der Waals surface area contributed by atoms with Crippen molar-refractivity contribution in [3.63, 3.8) is 0 Å². The first-order valence-corrected chi connectivity index (χ1v) is 7.17. The number of hydrogen-bond acceptors (Lipinski definition) is 1. The van der Waals surface area contributed by atoms with E-state index in [0.29, 0.717) is 11.8 Å². The van der Waals surface area contributed by atoms with Gasteiger partial charge in [-0.2, -0.15) is 0 Å². The van der Waals surface area contributed by atoms with Crippen molar-refractivity contribution in [1.82, 2.24) is 5.32 Å². The van der Waals surface area contributed by atoms with E-state index in [0.717, 1.165) is 6.54 Å². The smallest absolute Gasteiger partial charge is 0.0210 e. The van der Waals surface area contributed by atoms with Crippen LogP contribution in [-0.2, 0) is 6.54 Å². The molecule has 0 aliphatic carbocycles. The molecule has 0 spiro atoms. The molecule has 1 heteroatoms. The van der Waals surface area contributed by atoms with Crippen molar-refractivity contribution in [2.24, 2.45) is 5.92 Å². The van der Waals surface area contributed by atoms with Crippen LogP contribution >= 0.6 is 0 Å². The molecule has 18 heavy (non-hydrogen) atoms. The Hall–Kier alpha value is -0.820. The SMILES string of the molecule is CCC(c1ccc(CNC(C)(C)C)cc1)C(C)C. The number of hydrogen-bond donors (Lipinski definition) is 1. The summed E-state index contributed by atoms with van der Waals surface area (Å²) in [5, 5.41) is 3.52. The van der Waals surface area contributed by atoms with Crippen molar-refractivity contribution in [2.75, 3.05) is 0 Å². The third-order valence-corrected chi connectivity index (χ3v) is 3.48. The largest absolute Gasteiger partial charge is 0.308 e. The summed E-state index contributed by atoms with van der Waals surface area (Å²) in [5.41, 5.74) is 3.03. The molecule has 0 amide bonds. The molecule has 1 atom stereocenters. The van der Waals surface area contributed by atoms with Gasteiger partial charge in [-0.05, 0) is 50.2 Å². The van der Waals surface area contributed by atoms with E-state index in [4.69, 9.17) is 0 Å². The number of rotatable bonds is 5. The maximum absolute atomic E-state index is 3.52. The highest BCUT2D eigenvalue weighted by atomic mass is 14.9. The fraction of sp³-hybridized carbons (Fsp3) is 0.647. The molecule has 0 heterocycles. The average molecular weight is 247 g/mol. The van der Waals surface area contributed by atoms with Gasteiger partial charge in [0.25, 0.3) is 0 Å². The molecule has 1 unspecified atom stereocenters. The molecule has 1 aromatic carbocycles. The molecule has 0 aliphatic rings. The summed E-state index contributed by atoms with van der Waals surface area (Å²) >= 11 is 0. The lowest BCUT2D eigenvalue weighted by molar-refractivity contribution is 0.424. The zero-order valence-corrected chi connectivity index (χ0v) is 12.9. The molecule has 102 valence electrons. The van der Waals surface area contributed by atoms with E-state index in [1.165, 1.54) is 17.5 Å². The molecular weight excluding hydrogens is 218 g/mol. The van der Waals surface area contributed by atoms with E-state index in [2.05, 4.69) is 71.1 Å². The van der Waals surface area contributed by atoms with Crippen molar-refractivity contribution in [3.05, 3.63) is 35.4 Å². The maximum Gasteiger partial charge on any atom is 0.0210 e. The molecule has 0 saturated heterocycles. The first-order valence-electron chi connectivity index (χ1n) is 7.17. The normalized spacial score (nSPS) is 13.9. The predicted molar refractivity (Wildman–Crippen MR) is 80.9 cm³/mol. The summed E-state index contributed by atoms with van der Waals surface area (Å²) in [6.45, 7) is 14.4. The zero-order valence-electron chi connectivity index (χ0n) is 12.9. The molecule has 1 rings (SSSR count). The van der Waals surface area contributed by atoms with E-state index in [1.807, 2.05) is 0 Å². The van der Waals surface area contributed by atoms with Crippen LogP contribution in [0.15, 0.2) is 24.3 Å². The van der Waals surface area contributed by atoms with Gasteiger partial charge in [-0.1, -0.05) is 45.0 Å². The van der Waals surface area contributed by atoms with Gasteiger partial charge in [0.15, 0.2) is 0 Å². The van der Waals surface area contributed by atoms with Crippen LogP contribution in [0.25, 0.3) is 0 Å². The van der Waals surface area contributed by atoms with Crippen molar-refractivity contribution < 1.29 is 0 Å². The Morgan fingerprint density at radius 1 is 1.06 bits per heavy atom. The summed E-state index contributed by atoms with van der Waals surface area (Å²) in [6.07, 6.45) is 1.22. The van der Waals surface area contributed by atoms with Crippen LogP contribution in [0.1, 0.15) is 65.0 Å². The Labute approximate surface area is 113 Å². The van der Waals surface area contributed by atoms with Crippen LogP contribution in [0.4, 0.5) is 0 Å². The predicted octanol–water partition coefficient (Wildman–Crippen LogP) is 4.72. The standard InChI is InChI=1S/C17H29N/c1-7-16(13(2)3)15-10-8-14(9-11-15)12-18-17(4,5)6/h8-11,13,16,18H,7,12H2,1-6H3. The van der Waals surface area contributed by atoms with Crippen LogP contribution in [0, 0.1) is 5.92 Å². The minimum atomic E-state index is 0.183. The maximum atomic E-state index is 3.52. The van der Waals surface area contributed by atoms with Gasteiger partial charge in [-0.15, -0.1) is 0 Å². The number of nitrogens with one attached hydrogen (secondary N) is 1. The third kappa shape index (κ3) is 4.81. The molecule has 1 nitrogen and oxygen atoms in total. The van der Waals surface area contributed by atoms with Crippen LogP contribution in [0.2, 0.25) is 0 Å². The zero-order chi connectivity index (χ0) is 13.8. The van der Waals surface area contributed by atoms with Crippen molar-refractivity contribution in [3.8, 4) is 0 Å². The Morgan fingerprint density at radius 2 is 1.61 bits per heavy atom. The van der Waals surface area contributed by atoms with Gasteiger partial charge in [-0.25, -0.2) is 0 Å². The van der Waals surface area contributed by atoms with Gasteiger partial charge >= 0.3 is 0 Å². The first-order chi connectivity index (χ1) is 8.33. The second-order valence-electron chi connectivity index (χ2n) is 6.60. The molecular formula is C17H29N. The fourth-order valence-electron chi connectivity index (χ4n) is 2.34. The highest BCUT2D eigenvalue weighted by Gasteiger charge is 2.13. The van der Waals surface area contributed by atoms with Crippen LogP contribution < -0.4 is 5.32 Å². The third-order valence-electron chi connectivity index (χ3n) is 3.48. The van der Waals surface area contributed by atoms with Crippen LogP contribution in [0.3, 0.4) is 0 Å². The van der Waals surface area contributed by atoms with Crippen LogP contribution in [0.5, 0.6) is 0 Å². The van der Waals surface area contributed by atoms with Crippen molar-refractivity contribution >= 4 is 0 Å². The lowest BCUT2D eigenvalue weighted by atomic mass is 9.86. The topological polar surface area (TPSA) is 12.0 Å². The molecule has 0 aromatic heterocycles. The van der Waals surface area contributed by atoms with E-state index in [1.54, 1.807) is 0 Å². The van der Waals surface area contributed by atoms with Crippen LogP contribution in [-0.4, -0.2) is 5.54 Å². The van der Waals surface area contributed by atoms with E-state index in [9.17, 15) is 0 Å². The summed E-state index contributed by atoms with van der Waals surface area (Å²) in [6, 6.07) is 9.12. The Kier molecular flexibility index (Phi) is 5.40. The monoisotopic (exact) mass is 247 g/mol. The van der Waals surface area contributed by atoms with Gasteiger partial charge in [0.05, 0.1) is 0 Å². The van der Waals surface area contributed by atoms with Gasteiger partial charge in [0, 0.05) is 12.1 Å². The fourth-order valence-corrected chi connectivity index (χ4v) is 2.34. The summed E-state index contributed by atoms with van der Waals surface area (Å²) in [5.74, 6) is 1.41. The van der Waals surface area contributed by atoms with Gasteiger partial charge in [-0.3, -0.25) is 0 Å². The summed E-state index contributed by atoms with van der Waals surface area (Å²) in [7, 11) is 0. The Morgan fingerprint density at radius 3 is 2.00 bits per heavy atom. The van der Waals surface area contributed by atoms with E-state index in [-0.39, 0.29) is 5.54 Å². The minimum Gasteiger partial charge on any atom is -0.308 e. The highest BCUT2D eigenvalue weighted by molar-refractivity contribution is 5.25. The molecule has 0 radical (unpaired) electrons. The van der Waals surface area contributed by atoms with Crippen molar-refractivity contribution in [1.29, 1.82) is 0 Å². The van der Waals surface area contributed by atoms with Gasteiger partial charge in [0.2, 0.25) is 0 Å². The van der Waals surface area contributed by atoms with Gasteiger partial charge < -0.3 is 5.32 Å². The Bertz CT molecular complexity index is 343. The van der Waals surface area contributed by atoms with E-state index < -0.39 is 0 Å². The molecule has 0 saturated carbocycles. The van der Waals surface area contributed by atoms with E-state index >= 15 is 0 Å². The summed E-state index contributed by atoms with van der Waals surface area (Å²) < 4.78 is 0. The molecule has 1 N–H and O–H groups in total. The molecule has 0 aliphatic heterocycles.